The van der Waals surface area contributed by atoms with Crippen LogP contribution in [0.4, 0.5) is 0 Å². The van der Waals surface area contributed by atoms with Gasteiger partial charge in [-0.15, -0.1) is 0 Å². The Kier molecular flexibility index (Phi) is 5.26. The molecule has 0 saturated carbocycles. The van der Waals surface area contributed by atoms with E-state index in [0.29, 0.717) is 6.04 Å². The fraction of sp³-hybridized carbons (Fsp3) is 0.923. The number of likely N-dealkylation sites (tertiary alicyclic amines) is 1. The fourth-order valence-corrected chi connectivity index (χ4v) is 3.68. The molecule has 18 heavy (non-hydrogen) atoms. The van der Waals surface area contributed by atoms with E-state index < -0.39 is 0 Å². The summed E-state index contributed by atoms with van der Waals surface area (Å²) >= 11 is 2.43. The first kappa shape index (κ1) is 14.5. The van der Waals surface area contributed by atoms with Crippen LogP contribution >= 0.6 is 22.9 Å². The van der Waals surface area contributed by atoms with E-state index in [-0.39, 0.29) is 5.91 Å². The van der Waals surface area contributed by atoms with E-state index >= 15 is 0 Å². The Morgan fingerprint density at radius 1 is 1.06 bits per heavy atom. The van der Waals surface area contributed by atoms with Crippen molar-refractivity contribution in [3.8, 4) is 0 Å². The van der Waals surface area contributed by atoms with Gasteiger partial charge in [0.05, 0.1) is 0 Å². The zero-order valence-corrected chi connectivity index (χ0v) is 13.6. The Morgan fingerprint density at radius 2 is 1.50 bits per heavy atom. The Balaban J connectivity index is 1.80. The minimum Gasteiger partial charge on any atom is -0.343 e. The molecule has 0 N–H and O–H groups in total. The maximum atomic E-state index is 11.3. The van der Waals surface area contributed by atoms with Crippen molar-refractivity contribution < 1.29 is 4.79 Å². The van der Waals surface area contributed by atoms with Gasteiger partial charge in [0.1, 0.15) is 0 Å². The third-order valence-corrected chi connectivity index (χ3v) is 5.44. The fourth-order valence-electron chi connectivity index (χ4n) is 3.13. The van der Waals surface area contributed by atoms with Crippen LogP contribution in [0.1, 0.15) is 32.6 Å². The Morgan fingerprint density at radius 3 is 1.94 bits per heavy atom. The molecule has 2 fully saturated rings. The molecule has 1 amide bonds. The standard InChI is InChI=1S/C13H24IN3O/c1-11(18)16-7-3-12(4-8-16)15(2)13-5-9-17(14)10-6-13/h12-13H,3-10H2,1-2H3. The first-order valence-corrected chi connectivity index (χ1v) is 7.92. The van der Waals surface area contributed by atoms with Crippen LogP contribution in [0.15, 0.2) is 0 Å². The van der Waals surface area contributed by atoms with Crippen LogP contribution in [0, 0.1) is 0 Å². The van der Waals surface area contributed by atoms with Gasteiger partial charge in [-0.2, -0.15) is 0 Å². The van der Waals surface area contributed by atoms with E-state index in [1.54, 1.807) is 6.92 Å². The van der Waals surface area contributed by atoms with Crippen molar-refractivity contribution in [1.82, 2.24) is 12.9 Å². The van der Waals surface area contributed by atoms with E-state index in [0.717, 1.165) is 32.0 Å². The van der Waals surface area contributed by atoms with Gasteiger partial charge < -0.3 is 9.80 Å². The van der Waals surface area contributed by atoms with E-state index in [2.05, 4.69) is 37.9 Å². The molecule has 2 saturated heterocycles. The zero-order chi connectivity index (χ0) is 13.1. The third kappa shape index (κ3) is 3.57. The predicted molar refractivity (Wildman–Crippen MR) is 81.7 cm³/mol. The summed E-state index contributed by atoms with van der Waals surface area (Å²) in [5, 5.41) is 0. The number of carbonyl (C=O) groups excluding carboxylic acids is 1. The summed E-state index contributed by atoms with van der Waals surface area (Å²) < 4.78 is 2.39. The molecule has 2 aliphatic heterocycles. The highest BCUT2D eigenvalue weighted by atomic mass is 127. The molecule has 2 heterocycles. The minimum absolute atomic E-state index is 0.231. The summed E-state index contributed by atoms with van der Waals surface area (Å²) in [4.78, 5) is 15.9. The number of hydrogen-bond donors (Lipinski definition) is 0. The maximum absolute atomic E-state index is 11.3. The molecule has 2 aliphatic rings. The molecular formula is C13H24IN3O. The maximum Gasteiger partial charge on any atom is 0.219 e. The van der Waals surface area contributed by atoms with Gasteiger partial charge in [0.15, 0.2) is 0 Å². The van der Waals surface area contributed by atoms with Gasteiger partial charge in [0, 0.05) is 68.1 Å². The molecule has 0 aromatic carbocycles. The number of nitrogens with zero attached hydrogens (tertiary/aromatic N) is 3. The Hall–Kier alpha value is 0.120. The van der Waals surface area contributed by atoms with Crippen LogP contribution in [-0.2, 0) is 4.79 Å². The van der Waals surface area contributed by atoms with Gasteiger partial charge in [-0.1, -0.05) is 0 Å². The smallest absolute Gasteiger partial charge is 0.219 e. The topological polar surface area (TPSA) is 26.8 Å². The lowest BCUT2D eigenvalue weighted by atomic mass is 9.98. The summed E-state index contributed by atoms with van der Waals surface area (Å²) in [5.74, 6) is 0.231. The summed E-state index contributed by atoms with van der Waals surface area (Å²) in [6.45, 7) is 5.98. The monoisotopic (exact) mass is 365 g/mol. The third-order valence-electron chi connectivity index (χ3n) is 4.47. The van der Waals surface area contributed by atoms with E-state index in [4.69, 9.17) is 0 Å². The van der Waals surface area contributed by atoms with E-state index in [1.807, 2.05) is 4.90 Å². The van der Waals surface area contributed by atoms with Gasteiger partial charge in [-0.25, -0.2) is 3.11 Å². The molecule has 0 spiro atoms. The first-order chi connectivity index (χ1) is 8.58. The van der Waals surface area contributed by atoms with Crippen LogP contribution in [0.5, 0.6) is 0 Å². The normalized spacial score (nSPS) is 24.8. The average Bonchev–Trinajstić information content (AvgIpc) is 2.39. The molecule has 0 aliphatic carbocycles. The molecule has 2 rings (SSSR count). The number of halogens is 1. The van der Waals surface area contributed by atoms with Crippen LogP contribution in [0.25, 0.3) is 0 Å². The van der Waals surface area contributed by atoms with Gasteiger partial charge >= 0.3 is 0 Å². The molecule has 0 radical (unpaired) electrons. The first-order valence-electron chi connectivity index (χ1n) is 6.96. The molecular weight excluding hydrogens is 341 g/mol. The highest BCUT2D eigenvalue weighted by Gasteiger charge is 2.29. The lowest BCUT2D eigenvalue weighted by Gasteiger charge is -2.42. The minimum atomic E-state index is 0.231. The van der Waals surface area contributed by atoms with Crippen molar-refractivity contribution in [2.75, 3.05) is 33.2 Å². The zero-order valence-electron chi connectivity index (χ0n) is 11.4. The summed E-state index contributed by atoms with van der Waals surface area (Å²) in [6.07, 6.45) is 4.85. The van der Waals surface area contributed by atoms with Crippen LogP contribution < -0.4 is 0 Å². The van der Waals surface area contributed by atoms with Crippen molar-refractivity contribution in [2.45, 2.75) is 44.7 Å². The average molecular weight is 365 g/mol. The number of hydrogen-bond acceptors (Lipinski definition) is 3. The number of amides is 1. The van der Waals surface area contributed by atoms with Gasteiger partial charge in [-0.05, 0) is 32.7 Å². The summed E-state index contributed by atoms with van der Waals surface area (Å²) in [5.41, 5.74) is 0. The molecule has 104 valence electrons. The van der Waals surface area contributed by atoms with Crippen molar-refractivity contribution in [2.24, 2.45) is 0 Å². The second kappa shape index (κ2) is 6.52. The Bertz CT molecular complexity index is 284. The number of piperidine rings is 2. The quantitative estimate of drug-likeness (QED) is 0.551. The second-order valence-corrected chi connectivity index (χ2v) is 6.91. The van der Waals surface area contributed by atoms with Crippen molar-refractivity contribution in [3.05, 3.63) is 0 Å². The number of carbonyl (C=O) groups is 1. The second-order valence-electron chi connectivity index (χ2n) is 5.54. The number of rotatable bonds is 2. The van der Waals surface area contributed by atoms with Gasteiger partial charge in [-0.3, -0.25) is 4.79 Å². The van der Waals surface area contributed by atoms with Crippen LogP contribution in [-0.4, -0.2) is 64.1 Å². The molecule has 4 nitrogen and oxygen atoms in total. The van der Waals surface area contributed by atoms with Gasteiger partial charge in [0.2, 0.25) is 5.91 Å². The highest BCUT2D eigenvalue weighted by molar-refractivity contribution is 14.1. The molecule has 0 bridgehead atoms. The van der Waals surface area contributed by atoms with Crippen molar-refractivity contribution in [3.63, 3.8) is 0 Å². The van der Waals surface area contributed by atoms with Crippen molar-refractivity contribution in [1.29, 1.82) is 0 Å². The summed E-state index contributed by atoms with van der Waals surface area (Å²) in [6, 6.07) is 1.41. The van der Waals surface area contributed by atoms with Gasteiger partial charge in [0.25, 0.3) is 0 Å². The molecule has 0 aromatic heterocycles. The Labute approximate surface area is 124 Å². The largest absolute Gasteiger partial charge is 0.343 e. The summed E-state index contributed by atoms with van der Waals surface area (Å²) in [7, 11) is 2.28. The van der Waals surface area contributed by atoms with Crippen LogP contribution in [0.2, 0.25) is 0 Å². The highest BCUT2D eigenvalue weighted by Crippen LogP contribution is 2.23. The molecule has 0 unspecified atom stereocenters. The van der Waals surface area contributed by atoms with Crippen LogP contribution in [0.3, 0.4) is 0 Å². The lowest BCUT2D eigenvalue weighted by molar-refractivity contribution is -0.130. The van der Waals surface area contributed by atoms with E-state index in [9.17, 15) is 4.79 Å². The SMILES string of the molecule is CC(=O)N1CCC(N(C)C2CCN(I)CC2)CC1. The lowest BCUT2D eigenvalue weighted by Crippen LogP contribution is -2.50. The molecule has 5 heteroatoms. The van der Waals surface area contributed by atoms with E-state index in [1.165, 1.54) is 25.9 Å². The molecule has 0 aromatic rings. The predicted octanol–water partition coefficient (Wildman–Crippen LogP) is 1.74. The molecule has 0 atom stereocenters. The van der Waals surface area contributed by atoms with Crippen molar-refractivity contribution >= 4 is 28.8 Å².